The lowest BCUT2D eigenvalue weighted by atomic mass is 10.2. The third-order valence-electron chi connectivity index (χ3n) is 3.31. The van der Waals surface area contributed by atoms with Gasteiger partial charge in [-0.05, 0) is 30.0 Å². The molecule has 3 aromatic rings. The SMILES string of the molecule is Cc1ccccc1NC(=O)CCn1nc(-c2cccs2)oc1=O. The predicted octanol–water partition coefficient (Wildman–Crippen LogP) is 2.90. The van der Waals surface area contributed by atoms with Gasteiger partial charge < -0.3 is 9.73 Å². The quantitative estimate of drug-likeness (QED) is 0.781. The Labute approximate surface area is 136 Å². The molecule has 6 nitrogen and oxygen atoms in total. The summed E-state index contributed by atoms with van der Waals surface area (Å²) in [5, 5.41) is 8.82. The lowest BCUT2D eigenvalue weighted by molar-refractivity contribution is -0.116. The van der Waals surface area contributed by atoms with Crippen molar-refractivity contribution in [1.29, 1.82) is 0 Å². The van der Waals surface area contributed by atoms with Gasteiger partial charge in [-0.1, -0.05) is 24.3 Å². The van der Waals surface area contributed by atoms with Crippen LogP contribution in [0.4, 0.5) is 5.69 Å². The van der Waals surface area contributed by atoms with Gasteiger partial charge in [0, 0.05) is 12.1 Å². The van der Waals surface area contributed by atoms with Crippen molar-refractivity contribution in [3.8, 4) is 10.8 Å². The number of thiophene rings is 1. The molecule has 3 rings (SSSR count). The number of aromatic nitrogens is 2. The maximum absolute atomic E-state index is 12.0. The van der Waals surface area contributed by atoms with Crippen LogP contribution in [0.25, 0.3) is 10.8 Å². The van der Waals surface area contributed by atoms with E-state index < -0.39 is 5.76 Å². The number of carbonyl (C=O) groups is 1. The Morgan fingerprint density at radius 2 is 2.13 bits per heavy atom. The molecule has 7 heteroatoms. The molecule has 2 heterocycles. The predicted molar refractivity (Wildman–Crippen MR) is 88.5 cm³/mol. The van der Waals surface area contributed by atoms with E-state index in [-0.39, 0.29) is 24.8 Å². The lowest BCUT2D eigenvalue weighted by Crippen LogP contribution is -2.21. The molecule has 0 unspecified atom stereocenters. The van der Waals surface area contributed by atoms with Crippen molar-refractivity contribution >= 4 is 22.9 Å². The number of carbonyl (C=O) groups excluding carboxylic acids is 1. The number of anilines is 1. The van der Waals surface area contributed by atoms with Crippen LogP contribution in [0.3, 0.4) is 0 Å². The van der Waals surface area contributed by atoms with Crippen LogP contribution < -0.4 is 11.1 Å². The second kappa shape index (κ2) is 6.62. The van der Waals surface area contributed by atoms with Crippen LogP contribution in [-0.2, 0) is 11.3 Å². The number of benzene rings is 1. The van der Waals surface area contributed by atoms with Crippen molar-refractivity contribution in [3.05, 3.63) is 57.9 Å². The van der Waals surface area contributed by atoms with Gasteiger partial charge in [0.1, 0.15) is 0 Å². The number of nitrogens with one attached hydrogen (secondary N) is 1. The van der Waals surface area contributed by atoms with Gasteiger partial charge in [0.25, 0.3) is 5.89 Å². The Bertz CT molecular complexity index is 865. The van der Waals surface area contributed by atoms with E-state index in [1.165, 1.54) is 16.0 Å². The minimum Gasteiger partial charge on any atom is -0.387 e. The normalized spacial score (nSPS) is 10.7. The van der Waals surface area contributed by atoms with E-state index in [9.17, 15) is 9.59 Å². The van der Waals surface area contributed by atoms with Crippen molar-refractivity contribution in [1.82, 2.24) is 9.78 Å². The van der Waals surface area contributed by atoms with Crippen LogP contribution in [-0.4, -0.2) is 15.7 Å². The van der Waals surface area contributed by atoms with E-state index in [1.54, 1.807) is 0 Å². The van der Waals surface area contributed by atoms with Crippen LogP contribution in [0.2, 0.25) is 0 Å². The van der Waals surface area contributed by atoms with E-state index in [1.807, 2.05) is 48.7 Å². The highest BCUT2D eigenvalue weighted by Crippen LogP contribution is 2.21. The number of rotatable bonds is 5. The molecule has 118 valence electrons. The highest BCUT2D eigenvalue weighted by molar-refractivity contribution is 7.13. The second-order valence-corrected chi connectivity index (χ2v) is 5.93. The number of para-hydroxylation sites is 1. The summed E-state index contributed by atoms with van der Waals surface area (Å²) in [4.78, 5) is 24.6. The van der Waals surface area contributed by atoms with E-state index in [2.05, 4.69) is 10.4 Å². The molecule has 1 amide bonds. The first-order valence-corrected chi connectivity index (χ1v) is 7.99. The summed E-state index contributed by atoms with van der Waals surface area (Å²) in [6, 6.07) is 11.2. The fraction of sp³-hybridized carbons (Fsp3) is 0.188. The fourth-order valence-electron chi connectivity index (χ4n) is 2.08. The third kappa shape index (κ3) is 3.57. The number of hydrogen-bond acceptors (Lipinski definition) is 5. The first kappa shape index (κ1) is 15.2. The summed E-state index contributed by atoms with van der Waals surface area (Å²) in [5.74, 6) is -0.451. The second-order valence-electron chi connectivity index (χ2n) is 4.99. The average molecular weight is 329 g/mol. The van der Waals surface area contributed by atoms with Gasteiger partial charge in [-0.3, -0.25) is 4.79 Å². The summed E-state index contributed by atoms with van der Waals surface area (Å²) < 4.78 is 6.28. The zero-order valence-corrected chi connectivity index (χ0v) is 13.3. The molecule has 23 heavy (non-hydrogen) atoms. The molecule has 1 N–H and O–H groups in total. The van der Waals surface area contributed by atoms with Gasteiger partial charge in [0.2, 0.25) is 5.91 Å². The highest BCUT2D eigenvalue weighted by Gasteiger charge is 2.12. The Kier molecular flexibility index (Phi) is 4.38. The summed E-state index contributed by atoms with van der Waals surface area (Å²) in [6.45, 7) is 2.09. The molecule has 0 fully saturated rings. The minimum absolute atomic E-state index is 0.144. The van der Waals surface area contributed by atoms with Gasteiger partial charge in [0.15, 0.2) is 0 Å². The Balaban J connectivity index is 1.63. The molecule has 1 aromatic carbocycles. The molecule has 0 atom stereocenters. The third-order valence-corrected chi connectivity index (χ3v) is 4.17. The van der Waals surface area contributed by atoms with Crippen molar-refractivity contribution in [2.45, 2.75) is 19.9 Å². The van der Waals surface area contributed by atoms with Crippen LogP contribution in [0, 0.1) is 6.92 Å². The van der Waals surface area contributed by atoms with E-state index in [4.69, 9.17) is 4.42 Å². The summed E-state index contributed by atoms with van der Waals surface area (Å²) in [5.41, 5.74) is 1.75. The van der Waals surface area contributed by atoms with Gasteiger partial charge in [-0.25, -0.2) is 4.79 Å². The molecule has 0 saturated heterocycles. The molecular formula is C16H15N3O3S. The van der Waals surface area contributed by atoms with Gasteiger partial charge in [-0.2, -0.15) is 4.68 Å². The van der Waals surface area contributed by atoms with Crippen molar-refractivity contribution in [2.75, 3.05) is 5.32 Å². The van der Waals surface area contributed by atoms with E-state index in [0.717, 1.165) is 16.1 Å². The maximum Gasteiger partial charge on any atom is 0.437 e. The molecule has 0 saturated carbocycles. The summed E-state index contributed by atoms with van der Waals surface area (Å²) in [7, 11) is 0. The van der Waals surface area contributed by atoms with Crippen LogP contribution in [0.15, 0.2) is 51.0 Å². The molecule has 0 spiro atoms. The number of hydrogen-bond donors (Lipinski definition) is 1. The first-order valence-electron chi connectivity index (χ1n) is 7.11. The molecule has 0 aliphatic carbocycles. The minimum atomic E-state index is -0.558. The van der Waals surface area contributed by atoms with Crippen LogP contribution in [0.1, 0.15) is 12.0 Å². The lowest BCUT2D eigenvalue weighted by Gasteiger charge is -2.07. The molecular weight excluding hydrogens is 314 g/mol. The number of nitrogens with zero attached hydrogens (tertiary/aromatic N) is 2. The largest absolute Gasteiger partial charge is 0.437 e. The molecule has 0 radical (unpaired) electrons. The molecule has 0 bridgehead atoms. The van der Waals surface area contributed by atoms with Gasteiger partial charge in [-0.15, -0.1) is 16.4 Å². The van der Waals surface area contributed by atoms with E-state index >= 15 is 0 Å². The maximum atomic E-state index is 12.0. The van der Waals surface area contributed by atoms with Crippen molar-refractivity contribution in [3.63, 3.8) is 0 Å². The summed E-state index contributed by atoms with van der Waals surface area (Å²) in [6.07, 6.45) is 0.144. The molecule has 0 aliphatic heterocycles. The average Bonchev–Trinajstić information content (AvgIpc) is 3.17. The van der Waals surface area contributed by atoms with Crippen molar-refractivity contribution in [2.24, 2.45) is 0 Å². The highest BCUT2D eigenvalue weighted by atomic mass is 32.1. The zero-order valence-electron chi connectivity index (χ0n) is 12.5. The van der Waals surface area contributed by atoms with E-state index in [0.29, 0.717) is 0 Å². The smallest absolute Gasteiger partial charge is 0.387 e. The van der Waals surface area contributed by atoms with Crippen LogP contribution in [0.5, 0.6) is 0 Å². The standard InChI is InChI=1S/C16H15N3O3S/c1-11-5-2-3-6-12(11)17-14(20)8-9-19-16(21)22-15(18-19)13-7-4-10-23-13/h2-7,10H,8-9H2,1H3,(H,17,20). The molecule has 0 aliphatic rings. The Morgan fingerprint density at radius 1 is 1.30 bits per heavy atom. The molecule has 2 aromatic heterocycles. The Hall–Kier alpha value is -2.67. The van der Waals surface area contributed by atoms with Crippen LogP contribution >= 0.6 is 11.3 Å². The Morgan fingerprint density at radius 3 is 2.87 bits per heavy atom. The number of aryl methyl sites for hydroxylation is 2. The zero-order chi connectivity index (χ0) is 16.2. The monoisotopic (exact) mass is 329 g/mol. The fourth-order valence-corrected chi connectivity index (χ4v) is 2.72. The summed E-state index contributed by atoms with van der Waals surface area (Å²) >= 11 is 1.44. The van der Waals surface area contributed by atoms with Gasteiger partial charge >= 0.3 is 5.76 Å². The topological polar surface area (TPSA) is 77.1 Å². The van der Waals surface area contributed by atoms with Crippen molar-refractivity contribution < 1.29 is 9.21 Å². The first-order chi connectivity index (χ1) is 11.1. The van der Waals surface area contributed by atoms with Gasteiger partial charge in [0.05, 0.1) is 11.4 Å². The number of amides is 1.